The third kappa shape index (κ3) is 2.50. The number of nitrogens with one attached hydrogen (secondary N) is 1. The van der Waals surface area contributed by atoms with E-state index < -0.39 is 0 Å². The number of hydrazine groups is 1. The minimum Gasteiger partial charge on any atom is -0.465 e. The number of rotatable bonds is 4. The Morgan fingerprint density at radius 1 is 1.50 bits per heavy atom. The summed E-state index contributed by atoms with van der Waals surface area (Å²) in [4.78, 5) is 0. The first-order valence-electron chi connectivity index (χ1n) is 5.73. The van der Waals surface area contributed by atoms with E-state index in [-0.39, 0.29) is 6.04 Å². The lowest BCUT2D eigenvalue weighted by Crippen LogP contribution is -2.30. The van der Waals surface area contributed by atoms with E-state index in [1.807, 2.05) is 37.7 Å². The summed E-state index contributed by atoms with van der Waals surface area (Å²) < 4.78 is 8.49. The normalized spacial score (nSPS) is 12.9. The Morgan fingerprint density at radius 3 is 2.67 bits per heavy atom. The summed E-state index contributed by atoms with van der Waals surface area (Å²) in [6, 6.07) is 3.81. The minimum absolute atomic E-state index is 0.0650. The van der Waals surface area contributed by atoms with Crippen molar-refractivity contribution in [3.05, 3.63) is 39.5 Å². The van der Waals surface area contributed by atoms with Crippen LogP contribution in [-0.2, 0) is 13.5 Å². The van der Waals surface area contributed by atoms with Crippen LogP contribution in [0, 0.1) is 13.8 Å². The van der Waals surface area contributed by atoms with Crippen molar-refractivity contribution in [2.24, 2.45) is 12.9 Å². The van der Waals surface area contributed by atoms with Crippen molar-refractivity contribution in [1.29, 1.82) is 0 Å². The SMILES string of the molecule is Cc1ccc(C(Cc2c(Br)c(C)nn2C)NN)o1. The zero-order valence-electron chi connectivity index (χ0n) is 10.7. The number of nitrogens with zero attached hydrogens (tertiary/aromatic N) is 2. The molecule has 0 amide bonds. The maximum Gasteiger partial charge on any atom is 0.122 e. The number of aromatic nitrogens is 2. The number of furan rings is 1. The first kappa shape index (κ1) is 13.3. The summed E-state index contributed by atoms with van der Waals surface area (Å²) in [7, 11) is 1.92. The number of aryl methyl sites for hydroxylation is 3. The predicted octanol–water partition coefficient (Wildman–Crippen LogP) is 2.14. The quantitative estimate of drug-likeness (QED) is 0.670. The first-order valence-corrected chi connectivity index (χ1v) is 6.52. The summed E-state index contributed by atoms with van der Waals surface area (Å²) in [6.45, 7) is 3.89. The maximum absolute atomic E-state index is 5.61. The van der Waals surface area contributed by atoms with Gasteiger partial charge in [0.2, 0.25) is 0 Å². The van der Waals surface area contributed by atoms with E-state index in [0.29, 0.717) is 6.42 Å². The minimum atomic E-state index is -0.0650. The van der Waals surface area contributed by atoms with Crippen LogP contribution >= 0.6 is 15.9 Å². The van der Waals surface area contributed by atoms with Crippen molar-refractivity contribution in [1.82, 2.24) is 15.2 Å². The maximum atomic E-state index is 5.61. The molecule has 0 saturated heterocycles. The molecule has 5 nitrogen and oxygen atoms in total. The Labute approximate surface area is 114 Å². The smallest absolute Gasteiger partial charge is 0.122 e. The van der Waals surface area contributed by atoms with E-state index in [0.717, 1.165) is 27.4 Å². The average molecular weight is 313 g/mol. The molecule has 2 rings (SSSR count). The topological polar surface area (TPSA) is 69.0 Å². The molecule has 1 unspecified atom stereocenters. The molecule has 0 bridgehead atoms. The van der Waals surface area contributed by atoms with Crippen molar-refractivity contribution in [2.45, 2.75) is 26.3 Å². The molecule has 0 saturated carbocycles. The molecular formula is C12H17BrN4O. The van der Waals surface area contributed by atoms with Crippen LogP contribution in [0.5, 0.6) is 0 Å². The Kier molecular flexibility index (Phi) is 3.89. The Hall–Kier alpha value is -1.11. The number of hydrogen-bond donors (Lipinski definition) is 2. The van der Waals surface area contributed by atoms with Gasteiger partial charge in [-0.2, -0.15) is 5.10 Å². The van der Waals surface area contributed by atoms with E-state index in [1.54, 1.807) is 0 Å². The zero-order chi connectivity index (χ0) is 13.3. The van der Waals surface area contributed by atoms with Crippen LogP contribution in [-0.4, -0.2) is 9.78 Å². The van der Waals surface area contributed by atoms with Crippen molar-refractivity contribution in [3.63, 3.8) is 0 Å². The molecular weight excluding hydrogens is 296 g/mol. The highest BCUT2D eigenvalue weighted by Crippen LogP contribution is 2.26. The summed E-state index contributed by atoms with van der Waals surface area (Å²) in [5.74, 6) is 7.33. The fourth-order valence-corrected chi connectivity index (χ4v) is 2.48. The second kappa shape index (κ2) is 5.26. The largest absolute Gasteiger partial charge is 0.465 e. The molecule has 0 spiro atoms. The monoisotopic (exact) mass is 312 g/mol. The molecule has 18 heavy (non-hydrogen) atoms. The fraction of sp³-hybridized carbons (Fsp3) is 0.417. The van der Waals surface area contributed by atoms with Gasteiger partial charge in [-0.15, -0.1) is 0 Å². The van der Waals surface area contributed by atoms with Gasteiger partial charge in [0.05, 0.1) is 21.9 Å². The van der Waals surface area contributed by atoms with Gasteiger partial charge in [-0.05, 0) is 41.9 Å². The van der Waals surface area contributed by atoms with Gasteiger partial charge in [-0.1, -0.05) is 0 Å². The van der Waals surface area contributed by atoms with Gasteiger partial charge < -0.3 is 4.42 Å². The number of hydrogen-bond acceptors (Lipinski definition) is 4. The molecule has 0 aromatic carbocycles. The van der Waals surface area contributed by atoms with E-state index in [2.05, 4.69) is 26.5 Å². The molecule has 98 valence electrons. The van der Waals surface area contributed by atoms with Crippen LogP contribution in [0.15, 0.2) is 21.0 Å². The third-order valence-corrected chi connectivity index (χ3v) is 4.00. The molecule has 2 aromatic heterocycles. The molecule has 1 atom stereocenters. The van der Waals surface area contributed by atoms with Crippen molar-refractivity contribution in [2.75, 3.05) is 0 Å². The van der Waals surface area contributed by atoms with Gasteiger partial charge in [-0.3, -0.25) is 10.5 Å². The van der Waals surface area contributed by atoms with Crippen LogP contribution in [0.3, 0.4) is 0 Å². The molecule has 0 fully saturated rings. The summed E-state index contributed by atoms with van der Waals surface area (Å²) in [5.41, 5.74) is 4.85. The predicted molar refractivity (Wildman–Crippen MR) is 72.9 cm³/mol. The van der Waals surface area contributed by atoms with Gasteiger partial charge >= 0.3 is 0 Å². The first-order chi connectivity index (χ1) is 8.52. The van der Waals surface area contributed by atoms with Crippen LogP contribution in [0.25, 0.3) is 0 Å². The van der Waals surface area contributed by atoms with Gasteiger partial charge in [-0.25, -0.2) is 5.43 Å². The molecule has 0 aliphatic heterocycles. The Balaban J connectivity index is 2.25. The lowest BCUT2D eigenvalue weighted by Gasteiger charge is -2.13. The van der Waals surface area contributed by atoms with Crippen LogP contribution in [0.1, 0.15) is 29.0 Å². The van der Waals surface area contributed by atoms with E-state index >= 15 is 0 Å². The molecule has 6 heteroatoms. The summed E-state index contributed by atoms with van der Waals surface area (Å²) >= 11 is 3.55. The number of nitrogens with two attached hydrogens (primary N) is 1. The Morgan fingerprint density at radius 2 is 2.22 bits per heavy atom. The lowest BCUT2D eigenvalue weighted by molar-refractivity contribution is 0.397. The zero-order valence-corrected chi connectivity index (χ0v) is 12.3. The fourth-order valence-electron chi connectivity index (χ4n) is 1.98. The second-order valence-corrected chi connectivity index (χ2v) is 5.13. The summed E-state index contributed by atoms with van der Waals surface area (Å²) in [5, 5.41) is 4.37. The van der Waals surface area contributed by atoms with Gasteiger partial charge in [0, 0.05) is 13.5 Å². The van der Waals surface area contributed by atoms with Gasteiger partial charge in [0.25, 0.3) is 0 Å². The van der Waals surface area contributed by atoms with Crippen LogP contribution in [0.4, 0.5) is 0 Å². The molecule has 0 aliphatic carbocycles. The highest BCUT2D eigenvalue weighted by atomic mass is 79.9. The molecule has 2 aromatic rings. The molecule has 0 aliphatic rings. The molecule has 2 heterocycles. The van der Waals surface area contributed by atoms with Crippen molar-refractivity contribution >= 4 is 15.9 Å². The van der Waals surface area contributed by atoms with Crippen molar-refractivity contribution in [3.8, 4) is 0 Å². The summed E-state index contributed by atoms with van der Waals surface area (Å²) in [6.07, 6.45) is 0.710. The second-order valence-electron chi connectivity index (χ2n) is 4.34. The molecule has 0 radical (unpaired) electrons. The van der Waals surface area contributed by atoms with Crippen LogP contribution < -0.4 is 11.3 Å². The Bertz CT molecular complexity index is 546. The highest BCUT2D eigenvalue weighted by molar-refractivity contribution is 9.10. The van der Waals surface area contributed by atoms with E-state index in [4.69, 9.17) is 10.3 Å². The molecule has 3 N–H and O–H groups in total. The van der Waals surface area contributed by atoms with Crippen molar-refractivity contribution < 1.29 is 4.42 Å². The highest BCUT2D eigenvalue weighted by Gasteiger charge is 2.19. The van der Waals surface area contributed by atoms with E-state index in [9.17, 15) is 0 Å². The average Bonchev–Trinajstić information content (AvgIpc) is 2.84. The lowest BCUT2D eigenvalue weighted by atomic mass is 10.1. The van der Waals surface area contributed by atoms with Gasteiger partial charge in [0.15, 0.2) is 0 Å². The standard InChI is InChI=1S/C12H17BrN4O/c1-7-4-5-11(18-7)9(15-14)6-10-12(13)8(2)16-17(10)3/h4-5,9,15H,6,14H2,1-3H3. The van der Waals surface area contributed by atoms with E-state index in [1.165, 1.54) is 0 Å². The number of halogens is 1. The van der Waals surface area contributed by atoms with Gasteiger partial charge in [0.1, 0.15) is 11.5 Å². The third-order valence-electron chi connectivity index (χ3n) is 2.96. The van der Waals surface area contributed by atoms with Crippen LogP contribution in [0.2, 0.25) is 0 Å².